The molecule has 10 nitrogen and oxygen atoms in total. The number of halogens is 2. The molecule has 2 fully saturated rings. The van der Waals surface area contributed by atoms with E-state index in [9.17, 15) is 18.0 Å². The molecular weight excluding hydrogens is 595 g/mol. The van der Waals surface area contributed by atoms with Gasteiger partial charge in [-0.25, -0.2) is 27.2 Å². The van der Waals surface area contributed by atoms with Gasteiger partial charge in [-0.15, -0.1) is 0 Å². The molecule has 3 aromatic heterocycles. The molecule has 1 aliphatic carbocycles. The first-order valence-corrected chi connectivity index (χ1v) is 16.0. The second-order valence-electron chi connectivity index (χ2n) is 10.9. The number of sulfone groups is 1. The predicted molar refractivity (Wildman–Crippen MR) is 162 cm³/mol. The summed E-state index contributed by atoms with van der Waals surface area (Å²) in [5, 5.41) is 0.370. The van der Waals surface area contributed by atoms with Gasteiger partial charge in [0.2, 0.25) is 5.91 Å². The third-order valence-electron chi connectivity index (χ3n) is 7.89. The minimum atomic E-state index is -3.80. The molecule has 1 amide bonds. The Morgan fingerprint density at radius 3 is 2.60 bits per heavy atom. The smallest absolute Gasteiger partial charge is 0.350 e. The normalized spacial score (nSPS) is 17.3. The van der Waals surface area contributed by atoms with E-state index < -0.39 is 21.3 Å². The number of rotatable bonds is 6. The molecule has 1 aliphatic heterocycles. The second-order valence-corrected chi connectivity index (χ2v) is 13.3. The Bertz CT molecular complexity index is 1980. The van der Waals surface area contributed by atoms with Crippen molar-refractivity contribution in [2.24, 2.45) is 0 Å². The molecule has 13 heteroatoms. The van der Waals surface area contributed by atoms with Crippen LogP contribution in [0.5, 0.6) is 0 Å². The number of amides is 1. The summed E-state index contributed by atoms with van der Waals surface area (Å²) in [6.45, 7) is 6.43. The van der Waals surface area contributed by atoms with Crippen LogP contribution >= 0.6 is 11.6 Å². The van der Waals surface area contributed by atoms with Crippen molar-refractivity contribution in [3.05, 3.63) is 82.3 Å². The Morgan fingerprint density at radius 2 is 1.95 bits per heavy atom. The van der Waals surface area contributed by atoms with E-state index in [1.165, 1.54) is 41.2 Å². The molecule has 0 radical (unpaired) electrons. The van der Waals surface area contributed by atoms with E-state index in [0.717, 1.165) is 19.1 Å². The van der Waals surface area contributed by atoms with Crippen LogP contribution in [0.1, 0.15) is 31.2 Å². The number of hydrogen-bond donors (Lipinski definition) is 0. The van der Waals surface area contributed by atoms with Crippen LogP contribution in [0.4, 0.5) is 10.2 Å². The van der Waals surface area contributed by atoms with E-state index in [-0.39, 0.29) is 61.6 Å². The number of carbonyl (C=O) groups excluding carboxylic acids is 1. The van der Waals surface area contributed by atoms with E-state index in [1.54, 1.807) is 17.0 Å². The summed E-state index contributed by atoms with van der Waals surface area (Å²) in [5.74, 6) is -0.668. The van der Waals surface area contributed by atoms with Gasteiger partial charge in [-0.05, 0) is 55.5 Å². The van der Waals surface area contributed by atoms with Crippen LogP contribution in [0, 0.1) is 5.82 Å². The fourth-order valence-electron chi connectivity index (χ4n) is 5.69. The number of benzene rings is 1. The summed E-state index contributed by atoms with van der Waals surface area (Å²) in [6.07, 6.45) is 6.82. The largest absolute Gasteiger partial charge is 0.355 e. The van der Waals surface area contributed by atoms with Crippen LogP contribution in [-0.2, 0) is 14.6 Å². The van der Waals surface area contributed by atoms with Gasteiger partial charge in [0.05, 0.1) is 21.0 Å². The Balaban J connectivity index is 1.67. The van der Waals surface area contributed by atoms with Crippen LogP contribution in [0.3, 0.4) is 0 Å². The lowest BCUT2D eigenvalue weighted by molar-refractivity contribution is -0.126. The van der Waals surface area contributed by atoms with Gasteiger partial charge >= 0.3 is 5.69 Å². The molecule has 2 aliphatic rings. The van der Waals surface area contributed by atoms with Gasteiger partial charge in [0.25, 0.3) is 0 Å². The highest BCUT2D eigenvalue weighted by Gasteiger charge is 2.34. The van der Waals surface area contributed by atoms with Crippen molar-refractivity contribution in [2.45, 2.75) is 36.6 Å². The monoisotopic (exact) mass is 622 g/mol. The molecule has 43 heavy (non-hydrogen) atoms. The van der Waals surface area contributed by atoms with E-state index in [4.69, 9.17) is 11.6 Å². The van der Waals surface area contributed by atoms with Crippen molar-refractivity contribution >= 4 is 44.2 Å². The van der Waals surface area contributed by atoms with Gasteiger partial charge in [0.15, 0.2) is 15.5 Å². The van der Waals surface area contributed by atoms with Gasteiger partial charge in [0.1, 0.15) is 17.3 Å². The average Bonchev–Trinajstić information content (AvgIpc) is 3.82. The van der Waals surface area contributed by atoms with Crippen LogP contribution < -0.4 is 10.6 Å². The topological polar surface area (TPSA) is 118 Å². The summed E-state index contributed by atoms with van der Waals surface area (Å²) in [4.78, 5) is 42.8. The molecule has 6 rings (SSSR count). The quantitative estimate of drug-likeness (QED) is 0.295. The lowest BCUT2D eigenvalue weighted by Gasteiger charge is -2.40. The summed E-state index contributed by atoms with van der Waals surface area (Å²) < 4.78 is 43.2. The molecule has 1 saturated carbocycles. The second kappa shape index (κ2) is 10.8. The number of piperazine rings is 1. The molecule has 1 saturated heterocycles. The zero-order chi connectivity index (χ0) is 30.6. The van der Waals surface area contributed by atoms with Gasteiger partial charge in [-0.3, -0.25) is 9.78 Å². The highest BCUT2D eigenvalue weighted by Crippen LogP contribution is 2.45. The number of para-hydroxylation sites is 1. The van der Waals surface area contributed by atoms with Crippen molar-refractivity contribution in [3.63, 3.8) is 0 Å². The number of nitrogens with zero attached hydrogens (tertiary/aromatic N) is 6. The highest BCUT2D eigenvalue weighted by atomic mass is 35.5. The fraction of sp³-hybridized carbons (Fsp3) is 0.300. The van der Waals surface area contributed by atoms with Gasteiger partial charge < -0.3 is 9.80 Å². The van der Waals surface area contributed by atoms with Crippen LogP contribution in [0.15, 0.2) is 65.1 Å². The lowest BCUT2D eigenvalue weighted by Crippen LogP contribution is -2.54. The molecule has 0 N–H and O–H groups in total. The Morgan fingerprint density at radius 1 is 1.19 bits per heavy atom. The maximum atomic E-state index is 15.9. The van der Waals surface area contributed by atoms with Gasteiger partial charge in [-0.2, -0.15) is 4.98 Å². The standard InChI is InChI=1S/C30H28ClFN6O4S/c1-4-25(39)36-12-13-37(17(2)16-36)28-21-14-23(32)26(20-10-11-33-15-22(20)31)34-29(21)38(30(40)35-28)27-19(18-8-9-18)6-5-7-24(27)43(3,41)42/h4-7,10-11,14-15,17-18H,1,8-9,12-13,16H2,2-3H3/t17-/m0/s1. The molecule has 4 heterocycles. The van der Waals surface area contributed by atoms with Gasteiger partial charge in [0, 0.05) is 49.9 Å². The minimum absolute atomic E-state index is 0.0362. The van der Waals surface area contributed by atoms with Crippen molar-refractivity contribution in [1.29, 1.82) is 0 Å². The number of carbonyl (C=O) groups is 1. The molecule has 4 aromatic rings. The third-order valence-corrected chi connectivity index (χ3v) is 9.31. The predicted octanol–water partition coefficient (Wildman–Crippen LogP) is 4.14. The minimum Gasteiger partial charge on any atom is -0.350 e. The fourth-order valence-corrected chi connectivity index (χ4v) is 6.78. The Hall–Kier alpha value is -4.16. The lowest BCUT2D eigenvalue weighted by atomic mass is 10.1. The SMILES string of the molecule is C=CC(=O)N1CCN(c2nc(=O)n(-c3c(C4CC4)cccc3S(C)(=O)=O)c3nc(-c4ccncc4Cl)c(F)cc23)[C@@H](C)C1. The highest BCUT2D eigenvalue weighted by molar-refractivity contribution is 7.90. The Kier molecular flexibility index (Phi) is 7.29. The zero-order valence-corrected chi connectivity index (χ0v) is 25.1. The van der Waals surface area contributed by atoms with E-state index >= 15 is 4.39 Å². The van der Waals surface area contributed by atoms with Crippen molar-refractivity contribution < 1.29 is 17.6 Å². The molecule has 1 aromatic carbocycles. The van der Waals surface area contributed by atoms with Crippen molar-refractivity contribution in [3.8, 4) is 16.9 Å². The number of fused-ring (bicyclic) bond motifs is 1. The maximum Gasteiger partial charge on any atom is 0.355 e. The average molecular weight is 623 g/mol. The van der Waals surface area contributed by atoms with Gasteiger partial charge in [-0.1, -0.05) is 30.3 Å². The van der Waals surface area contributed by atoms with E-state index in [0.29, 0.717) is 25.2 Å². The molecule has 222 valence electrons. The summed E-state index contributed by atoms with van der Waals surface area (Å²) in [7, 11) is -3.80. The molecular formula is C30H28ClFN6O4S. The molecule has 1 atom stereocenters. The first kappa shape index (κ1) is 28.9. The summed E-state index contributed by atoms with van der Waals surface area (Å²) in [6, 6.07) is 7.39. The number of pyridine rings is 2. The third kappa shape index (κ3) is 5.18. The summed E-state index contributed by atoms with van der Waals surface area (Å²) in [5.41, 5.74) is 0.265. The van der Waals surface area contributed by atoms with Crippen molar-refractivity contribution in [2.75, 3.05) is 30.8 Å². The first-order valence-electron chi connectivity index (χ1n) is 13.7. The number of aromatic nitrogens is 4. The zero-order valence-electron chi connectivity index (χ0n) is 23.5. The van der Waals surface area contributed by atoms with E-state index in [2.05, 4.69) is 21.5 Å². The van der Waals surface area contributed by atoms with E-state index in [1.807, 2.05) is 11.8 Å². The van der Waals surface area contributed by atoms with Crippen LogP contribution in [0.25, 0.3) is 28.0 Å². The Labute approximate surface area is 252 Å². The molecule has 0 unspecified atom stereocenters. The van der Waals surface area contributed by atoms with Crippen LogP contribution in [0.2, 0.25) is 5.02 Å². The summed E-state index contributed by atoms with van der Waals surface area (Å²) >= 11 is 6.38. The number of hydrogen-bond acceptors (Lipinski definition) is 8. The molecule has 0 spiro atoms. The maximum absolute atomic E-state index is 15.9. The van der Waals surface area contributed by atoms with Crippen LogP contribution in [-0.4, -0.2) is 70.7 Å². The van der Waals surface area contributed by atoms with Crippen molar-refractivity contribution in [1.82, 2.24) is 24.4 Å². The number of anilines is 1. The first-order chi connectivity index (χ1) is 20.5. The molecule has 0 bridgehead atoms.